The highest BCUT2D eigenvalue weighted by molar-refractivity contribution is 9.10. The third-order valence-corrected chi connectivity index (χ3v) is 4.84. The van der Waals surface area contributed by atoms with Gasteiger partial charge in [0.1, 0.15) is 0 Å². The van der Waals surface area contributed by atoms with E-state index in [4.69, 9.17) is 0 Å². The van der Waals surface area contributed by atoms with Crippen LogP contribution in [0, 0.1) is 0 Å². The Morgan fingerprint density at radius 1 is 1.38 bits per heavy atom. The molecule has 1 fully saturated rings. The smallest absolute Gasteiger partial charge is 0.293 e. The average molecular weight is 411 g/mol. The van der Waals surface area contributed by atoms with E-state index < -0.39 is 0 Å². The fourth-order valence-electron chi connectivity index (χ4n) is 2.17. The number of benzene rings is 1. The van der Waals surface area contributed by atoms with Crippen molar-refractivity contribution in [3.8, 4) is 0 Å². The van der Waals surface area contributed by atoms with Gasteiger partial charge in [-0.05, 0) is 42.0 Å². The quantitative estimate of drug-likeness (QED) is 0.694. The number of amides is 3. The molecule has 7 heteroatoms. The fraction of sp³-hybridized carbons (Fsp3) is 0.353. The van der Waals surface area contributed by atoms with Crippen molar-refractivity contribution in [1.29, 1.82) is 0 Å². The van der Waals surface area contributed by atoms with Gasteiger partial charge in [0.05, 0.1) is 4.91 Å². The summed E-state index contributed by atoms with van der Waals surface area (Å²) in [6.45, 7) is 2.49. The molecule has 1 heterocycles. The molecule has 1 aromatic carbocycles. The molecule has 1 N–H and O–H groups in total. The summed E-state index contributed by atoms with van der Waals surface area (Å²) in [6.07, 6.45) is 3.97. The summed E-state index contributed by atoms with van der Waals surface area (Å²) in [5.74, 6) is -0.360. The van der Waals surface area contributed by atoms with E-state index in [0.29, 0.717) is 11.3 Å². The Balaban J connectivity index is 1.93. The van der Waals surface area contributed by atoms with Gasteiger partial charge in [0.2, 0.25) is 5.91 Å². The van der Waals surface area contributed by atoms with E-state index in [-0.39, 0.29) is 30.1 Å². The largest absolute Gasteiger partial charge is 0.354 e. The molecule has 0 bridgehead atoms. The van der Waals surface area contributed by atoms with Crippen molar-refractivity contribution in [2.75, 3.05) is 13.1 Å². The zero-order valence-corrected chi connectivity index (χ0v) is 15.8. The molecule has 1 saturated heterocycles. The molecular formula is C17H19BrN2O3S. The molecule has 2 rings (SSSR count). The molecule has 3 amide bonds. The Morgan fingerprint density at radius 2 is 2.17 bits per heavy atom. The molecule has 1 aliphatic heterocycles. The zero-order valence-electron chi connectivity index (χ0n) is 13.4. The first-order chi connectivity index (χ1) is 11.5. The van der Waals surface area contributed by atoms with E-state index in [1.165, 1.54) is 4.90 Å². The van der Waals surface area contributed by atoms with Gasteiger partial charge in [-0.25, -0.2) is 0 Å². The molecular weight excluding hydrogens is 392 g/mol. The van der Waals surface area contributed by atoms with Crippen LogP contribution >= 0.6 is 27.7 Å². The molecule has 0 radical (unpaired) electrons. The molecule has 0 saturated carbocycles. The second-order valence-corrected chi connectivity index (χ2v) is 7.25. The summed E-state index contributed by atoms with van der Waals surface area (Å²) in [4.78, 5) is 37.5. The number of nitrogens with zero attached hydrogens (tertiary/aromatic N) is 1. The predicted molar refractivity (Wildman–Crippen MR) is 99.4 cm³/mol. The standard InChI is InChI=1S/C17H19BrN2O3S/c1-2-3-7-15(21)19-8-9-20-16(22)14(24-17(20)23)11-12-5-4-6-13(18)10-12/h4-6,10-11H,2-3,7-9H2,1H3,(H,19,21)/b14-11-. The van der Waals surface area contributed by atoms with Gasteiger partial charge in [-0.1, -0.05) is 41.4 Å². The van der Waals surface area contributed by atoms with E-state index in [0.717, 1.165) is 34.6 Å². The lowest BCUT2D eigenvalue weighted by molar-refractivity contribution is -0.124. The Bertz CT molecular complexity index is 676. The monoisotopic (exact) mass is 410 g/mol. The summed E-state index contributed by atoms with van der Waals surface area (Å²) in [5.41, 5.74) is 0.850. The number of carbonyl (C=O) groups excluding carboxylic acids is 3. The maximum Gasteiger partial charge on any atom is 0.293 e. The summed E-state index contributed by atoms with van der Waals surface area (Å²) in [5, 5.41) is 2.44. The predicted octanol–water partition coefficient (Wildman–Crippen LogP) is 3.79. The van der Waals surface area contributed by atoms with E-state index in [1.807, 2.05) is 31.2 Å². The number of imide groups is 1. The second-order valence-electron chi connectivity index (χ2n) is 5.34. The van der Waals surface area contributed by atoms with E-state index in [1.54, 1.807) is 6.08 Å². The first-order valence-corrected chi connectivity index (χ1v) is 9.40. The Hall–Kier alpha value is -1.60. The van der Waals surface area contributed by atoms with Crippen molar-refractivity contribution in [3.05, 3.63) is 39.2 Å². The molecule has 0 aliphatic carbocycles. The van der Waals surface area contributed by atoms with Crippen LogP contribution in [0.3, 0.4) is 0 Å². The first kappa shape index (κ1) is 18.7. The van der Waals surface area contributed by atoms with Crippen LogP contribution in [0.4, 0.5) is 4.79 Å². The van der Waals surface area contributed by atoms with Crippen LogP contribution in [0.2, 0.25) is 0 Å². The summed E-state index contributed by atoms with van der Waals surface area (Å²) in [6, 6.07) is 7.50. The minimum Gasteiger partial charge on any atom is -0.354 e. The first-order valence-electron chi connectivity index (χ1n) is 7.79. The minimum absolute atomic E-state index is 0.0477. The maximum absolute atomic E-state index is 12.3. The van der Waals surface area contributed by atoms with E-state index >= 15 is 0 Å². The summed E-state index contributed by atoms with van der Waals surface area (Å²) < 4.78 is 0.908. The lowest BCUT2D eigenvalue weighted by Gasteiger charge is -2.12. The number of halogens is 1. The molecule has 1 aromatic rings. The number of hydrogen-bond acceptors (Lipinski definition) is 4. The molecule has 24 heavy (non-hydrogen) atoms. The number of rotatable bonds is 7. The highest BCUT2D eigenvalue weighted by Gasteiger charge is 2.34. The van der Waals surface area contributed by atoms with Crippen LogP contribution in [0.1, 0.15) is 31.7 Å². The number of thioether (sulfide) groups is 1. The van der Waals surface area contributed by atoms with Crippen molar-refractivity contribution >= 4 is 50.8 Å². The summed E-state index contributed by atoms with van der Waals surface area (Å²) >= 11 is 4.30. The number of nitrogens with one attached hydrogen (secondary N) is 1. The third kappa shape index (κ3) is 5.21. The Kier molecular flexibility index (Phi) is 7.05. The average Bonchev–Trinajstić information content (AvgIpc) is 2.80. The van der Waals surface area contributed by atoms with Gasteiger partial charge in [-0.3, -0.25) is 19.3 Å². The molecule has 0 spiro atoms. The van der Waals surface area contributed by atoms with Crippen molar-refractivity contribution in [2.24, 2.45) is 0 Å². The molecule has 0 aromatic heterocycles. The van der Waals surface area contributed by atoms with Crippen LogP contribution < -0.4 is 5.32 Å². The highest BCUT2D eigenvalue weighted by Crippen LogP contribution is 2.32. The molecule has 5 nitrogen and oxygen atoms in total. The Morgan fingerprint density at radius 3 is 2.88 bits per heavy atom. The topological polar surface area (TPSA) is 66.5 Å². The van der Waals surface area contributed by atoms with Crippen LogP contribution in [0.15, 0.2) is 33.6 Å². The second kappa shape index (κ2) is 9.03. The zero-order chi connectivity index (χ0) is 17.5. The number of hydrogen-bond donors (Lipinski definition) is 1. The van der Waals surface area contributed by atoms with Crippen molar-refractivity contribution in [3.63, 3.8) is 0 Å². The number of unbranched alkanes of at least 4 members (excludes halogenated alkanes) is 1. The van der Waals surface area contributed by atoms with Crippen molar-refractivity contribution in [2.45, 2.75) is 26.2 Å². The van der Waals surface area contributed by atoms with E-state index in [2.05, 4.69) is 21.2 Å². The van der Waals surface area contributed by atoms with Crippen molar-refractivity contribution < 1.29 is 14.4 Å². The third-order valence-electron chi connectivity index (χ3n) is 3.43. The number of carbonyl (C=O) groups is 3. The molecule has 0 unspecified atom stereocenters. The van der Waals surface area contributed by atoms with Gasteiger partial charge >= 0.3 is 0 Å². The molecule has 1 aliphatic rings. The Labute approximate surface area is 154 Å². The molecule has 128 valence electrons. The lowest BCUT2D eigenvalue weighted by Crippen LogP contribution is -2.37. The van der Waals surface area contributed by atoms with Gasteiger partial charge in [0.25, 0.3) is 11.1 Å². The fourth-order valence-corrected chi connectivity index (χ4v) is 3.46. The van der Waals surface area contributed by atoms with Gasteiger partial charge < -0.3 is 5.32 Å². The van der Waals surface area contributed by atoms with Gasteiger partial charge in [0, 0.05) is 24.0 Å². The maximum atomic E-state index is 12.3. The minimum atomic E-state index is -0.312. The van der Waals surface area contributed by atoms with Crippen molar-refractivity contribution in [1.82, 2.24) is 10.2 Å². The van der Waals surface area contributed by atoms with Crippen LogP contribution in [-0.2, 0) is 9.59 Å². The van der Waals surface area contributed by atoms with Gasteiger partial charge in [-0.2, -0.15) is 0 Å². The normalized spacial score (nSPS) is 16.1. The van der Waals surface area contributed by atoms with Crippen LogP contribution in [0.25, 0.3) is 6.08 Å². The van der Waals surface area contributed by atoms with E-state index in [9.17, 15) is 14.4 Å². The summed E-state index contributed by atoms with van der Waals surface area (Å²) in [7, 11) is 0. The SMILES string of the molecule is CCCCC(=O)NCCN1C(=O)S/C(=C\c2cccc(Br)c2)C1=O. The van der Waals surface area contributed by atoms with Crippen LogP contribution in [-0.4, -0.2) is 35.0 Å². The van der Waals surface area contributed by atoms with Gasteiger partial charge in [-0.15, -0.1) is 0 Å². The van der Waals surface area contributed by atoms with Crippen LogP contribution in [0.5, 0.6) is 0 Å². The molecule has 0 atom stereocenters. The highest BCUT2D eigenvalue weighted by atomic mass is 79.9. The van der Waals surface area contributed by atoms with Gasteiger partial charge in [0.15, 0.2) is 0 Å². The lowest BCUT2D eigenvalue weighted by atomic mass is 10.2.